The molecule has 2 atom stereocenters. The van der Waals surface area contributed by atoms with E-state index in [9.17, 15) is 9.59 Å². The van der Waals surface area contributed by atoms with Crippen molar-refractivity contribution >= 4 is 29.1 Å². The van der Waals surface area contributed by atoms with E-state index in [4.69, 9.17) is 16.4 Å². The number of halogens is 1. The molecule has 6 heteroatoms. The highest BCUT2D eigenvalue weighted by Gasteiger charge is 2.38. The minimum absolute atomic E-state index is 0.0795. The SMILES string of the molecule is CCOC(=O)/C(=N/OC1CC1Cl)C(C)=O. The average Bonchev–Trinajstić information content (AvgIpc) is 2.82. The number of carbonyl (C=O) groups excluding carboxylic acids is 2. The monoisotopic (exact) mass is 233 g/mol. The lowest BCUT2D eigenvalue weighted by Gasteiger charge is -2.02. The fourth-order valence-corrected chi connectivity index (χ4v) is 1.04. The van der Waals surface area contributed by atoms with Crippen molar-refractivity contribution in [2.75, 3.05) is 6.61 Å². The van der Waals surface area contributed by atoms with Crippen molar-refractivity contribution in [2.45, 2.75) is 31.7 Å². The van der Waals surface area contributed by atoms with Crippen molar-refractivity contribution < 1.29 is 19.2 Å². The number of oxime groups is 1. The highest BCUT2D eigenvalue weighted by atomic mass is 35.5. The van der Waals surface area contributed by atoms with Crippen molar-refractivity contribution in [3.63, 3.8) is 0 Å². The standard InChI is InChI=1S/C9H12ClNO4/c1-3-14-9(13)8(5(2)12)11-15-7-4-6(7)10/h6-7H,3-4H2,1-2H3/b11-8+. The lowest BCUT2D eigenvalue weighted by Crippen LogP contribution is -2.25. The Morgan fingerprint density at radius 1 is 1.53 bits per heavy atom. The van der Waals surface area contributed by atoms with Crippen molar-refractivity contribution in [1.82, 2.24) is 0 Å². The van der Waals surface area contributed by atoms with Crippen molar-refractivity contribution in [1.29, 1.82) is 0 Å². The van der Waals surface area contributed by atoms with Crippen LogP contribution in [0.15, 0.2) is 5.16 Å². The number of esters is 1. The van der Waals surface area contributed by atoms with Gasteiger partial charge in [0, 0.05) is 13.3 Å². The van der Waals surface area contributed by atoms with Gasteiger partial charge < -0.3 is 9.57 Å². The number of carbonyl (C=O) groups is 2. The molecule has 0 N–H and O–H groups in total. The minimum Gasteiger partial charge on any atom is -0.461 e. The zero-order chi connectivity index (χ0) is 11.4. The smallest absolute Gasteiger partial charge is 0.364 e. The normalized spacial score (nSPS) is 24.6. The predicted octanol–water partition coefficient (Wildman–Crippen LogP) is 0.891. The second-order valence-corrected chi connectivity index (χ2v) is 3.67. The largest absolute Gasteiger partial charge is 0.461 e. The number of hydrogen-bond acceptors (Lipinski definition) is 5. The third-order valence-electron chi connectivity index (χ3n) is 1.74. The molecule has 0 saturated heterocycles. The summed E-state index contributed by atoms with van der Waals surface area (Å²) in [5.74, 6) is -1.25. The van der Waals surface area contributed by atoms with E-state index >= 15 is 0 Å². The molecule has 84 valence electrons. The summed E-state index contributed by atoms with van der Waals surface area (Å²) in [4.78, 5) is 27.1. The van der Waals surface area contributed by atoms with Gasteiger partial charge in [0.05, 0.1) is 12.0 Å². The molecule has 5 nitrogen and oxygen atoms in total. The van der Waals surface area contributed by atoms with E-state index in [1.54, 1.807) is 6.92 Å². The van der Waals surface area contributed by atoms with Crippen molar-refractivity contribution in [3.8, 4) is 0 Å². The number of ether oxygens (including phenoxy) is 1. The van der Waals surface area contributed by atoms with E-state index in [-0.39, 0.29) is 23.8 Å². The van der Waals surface area contributed by atoms with Crippen LogP contribution in [0.1, 0.15) is 20.3 Å². The zero-order valence-electron chi connectivity index (χ0n) is 8.53. The van der Waals surface area contributed by atoms with Crippen LogP contribution >= 0.6 is 11.6 Å². The molecule has 2 unspecified atom stereocenters. The molecule has 0 aliphatic heterocycles. The summed E-state index contributed by atoms with van der Waals surface area (Å²) in [7, 11) is 0. The molecule has 0 spiro atoms. The Morgan fingerprint density at radius 3 is 2.53 bits per heavy atom. The Morgan fingerprint density at radius 2 is 2.13 bits per heavy atom. The number of nitrogens with zero attached hydrogens (tertiary/aromatic N) is 1. The molecule has 0 aromatic rings. The lowest BCUT2D eigenvalue weighted by atomic mass is 10.3. The highest BCUT2D eigenvalue weighted by molar-refractivity contribution is 6.63. The molecule has 0 heterocycles. The summed E-state index contributed by atoms with van der Waals surface area (Å²) >= 11 is 5.66. The molecule has 0 amide bonds. The van der Waals surface area contributed by atoms with Crippen LogP contribution in [0.5, 0.6) is 0 Å². The van der Waals surface area contributed by atoms with Crippen LogP contribution < -0.4 is 0 Å². The molecule has 1 fully saturated rings. The van der Waals surface area contributed by atoms with Crippen LogP contribution in [-0.2, 0) is 19.2 Å². The Bertz CT molecular complexity index is 302. The minimum atomic E-state index is -0.767. The maximum Gasteiger partial charge on any atom is 0.364 e. The summed E-state index contributed by atoms with van der Waals surface area (Å²) in [5, 5.41) is 3.38. The predicted molar refractivity (Wildman–Crippen MR) is 53.9 cm³/mol. The van der Waals surface area contributed by atoms with Crippen LogP contribution in [0.2, 0.25) is 0 Å². The van der Waals surface area contributed by atoms with Crippen LogP contribution in [0.25, 0.3) is 0 Å². The van der Waals surface area contributed by atoms with Gasteiger partial charge in [0.15, 0.2) is 5.78 Å². The van der Waals surface area contributed by atoms with Crippen LogP contribution in [0, 0.1) is 0 Å². The maximum absolute atomic E-state index is 11.2. The quantitative estimate of drug-likeness (QED) is 0.233. The van der Waals surface area contributed by atoms with Gasteiger partial charge in [-0.15, -0.1) is 11.6 Å². The van der Waals surface area contributed by atoms with Gasteiger partial charge in [0.1, 0.15) is 6.10 Å². The average molecular weight is 234 g/mol. The number of ketones is 1. The molecule has 0 radical (unpaired) electrons. The fraction of sp³-hybridized carbons (Fsp3) is 0.667. The number of hydrogen-bond donors (Lipinski definition) is 0. The lowest BCUT2D eigenvalue weighted by molar-refractivity contribution is -0.136. The number of Topliss-reactive ketones (excluding diaryl/α,β-unsaturated/α-hetero) is 1. The van der Waals surface area contributed by atoms with Crippen LogP contribution in [-0.4, -0.2) is 35.6 Å². The van der Waals surface area contributed by atoms with E-state index in [0.29, 0.717) is 6.42 Å². The topological polar surface area (TPSA) is 65.0 Å². The van der Waals surface area contributed by atoms with Gasteiger partial charge in [-0.1, -0.05) is 5.16 Å². The second-order valence-electron chi connectivity index (χ2n) is 3.11. The summed E-state index contributed by atoms with van der Waals surface area (Å²) in [6.45, 7) is 3.06. The number of rotatable bonds is 5. The van der Waals surface area contributed by atoms with Crippen LogP contribution in [0.4, 0.5) is 0 Å². The maximum atomic E-state index is 11.2. The van der Waals surface area contributed by atoms with Crippen LogP contribution in [0.3, 0.4) is 0 Å². The van der Waals surface area contributed by atoms with Gasteiger partial charge >= 0.3 is 5.97 Å². The van der Waals surface area contributed by atoms with Crippen molar-refractivity contribution in [3.05, 3.63) is 0 Å². The zero-order valence-corrected chi connectivity index (χ0v) is 9.28. The van der Waals surface area contributed by atoms with Gasteiger partial charge in [0.2, 0.25) is 5.71 Å². The number of alkyl halides is 1. The molecule has 15 heavy (non-hydrogen) atoms. The highest BCUT2D eigenvalue weighted by Crippen LogP contribution is 2.31. The first-order valence-electron chi connectivity index (χ1n) is 4.62. The molecular weight excluding hydrogens is 222 g/mol. The van der Waals surface area contributed by atoms with E-state index < -0.39 is 11.8 Å². The molecule has 1 aliphatic rings. The Balaban J connectivity index is 2.56. The van der Waals surface area contributed by atoms with Gasteiger partial charge in [-0.2, -0.15) is 0 Å². The second kappa shape index (κ2) is 5.11. The summed E-state index contributed by atoms with van der Waals surface area (Å²) in [5.41, 5.74) is -0.326. The molecule has 0 aromatic carbocycles. The van der Waals surface area contributed by atoms with Gasteiger partial charge in [-0.3, -0.25) is 4.79 Å². The van der Waals surface area contributed by atoms with E-state index in [1.807, 2.05) is 0 Å². The third kappa shape index (κ3) is 3.51. The Labute approximate surface area is 92.4 Å². The summed E-state index contributed by atoms with van der Waals surface area (Å²) in [6, 6.07) is 0. The van der Waals surface area contributed by atoms with E-state index in [1.165, 1.54) is 6.92 Å². The van der Waals surface area contributed by atoms with Gasteiger partial charge in [-0.05, 0) is 6.92 Å². The van der Waals surface area contributed by atoms with E-state index in [2.05, 4.69) is 9.89 Å². The Kier molecular flexibility index (Phi) is 4.08. The summed E-state index contributed by atoms with van der Waals surface area (Å²) in [6.07, 6.45) is 0.481. The fourth-order valence-electron chi connectivity index (χ4n) is 0.818. The molecule has 1 aliphatic carbocycles. The first-order chi connectivity index (χ1) is 7.06. The van der Waals surface area contributed by atoms with E-state index in [0.717, 1.165) is 0 Å². The third-order valence-corrected chi connectivity index (χ3v) is 2.20. The first-order valence-corrected chi connectivity index (χ1v) is 5.05. The molecular formula is C9H12ClNO4. The van der Waals surface area contributed by atoms with Gasteiger partial charge in [0.25, 0.3) is 0 Å². The molecule has 1 rings (SSSR count). The van der Waals surface area contributed by atoms with Gasteiger partial charge in [-0.25, -0.2) is 4.79 Å². The first kappa shape index (κ1) is 12.0. The molecule has 1 saturated carbocycles. The molecule has 0 aromatic heterocycles. The summed E-state index contributed by atoms with van der Waals surface area (Å²) < 4.78 is 4.64. The molecule has 0 bridgehead atoms. The van der Waals surface area contributed by atoms with Crippen molar-refractivity contribution in [2.24, 2.45) is 5.16 Å². The Hall–Kier alpha value is -1.10.